The van der Waals surface area contributed by atoms with Gasteiger partial charge >= 0.3 is 6.18 Å². The monoisotopic (exact) mass is 254 g/mol. The van der Waals surface area contributed by atoms with E-state index in [0.29, 0.717) is 6.54 Å². The van der Waals surface area contributed by atoms with Crippen molar-refractivity contribution >= 4 is 5.91 Å². The molecule has 0 aliphatic heterocycles. The van der Waals surface area contributed by atoms with Gasteiger partial charge in [-0.2, -0.15) is 13.2 Å². The lowest BCUT2D eigenvalue weighted by Crippen LogP contribution is -2.47. The lowest BCUT2D eigenvalue weighted by Gasteiger charge is -2.25. The largest absolute Gasteiger partial charge is 0.405 e. The number of alkyl halides is 3. The standard InChI is InChI=1S/C11H21F3N2O/c1-5-10(3,4)6-15-8(2)9(17)16-7-11(12,13)14/h8,15H,5-7H2,1-4H3,(H,16,17). The average molecular weight is 254 g/mol. The van der Waals surface area contributed by atoms with E-state index in [1.54, 1.807) is 6.92 Å². The molecule has 2 N–H and O–H groups in total. The van der Waals surface area contributed by atoms with Crippen LogP contribution in [-0.2, 0) is 4.79 Å². The molecule has 0 rings (SSSR count). The Hall–Kier alpha value is -0.780. The maximum Gasteiger partial charge on any atom is 0.405 e. The summed E-state index contributed by atoms with van der Waals surface area (Å²) in [6, 6.07) is -0.622. The number of nitrogens with one attached hydrogen (secondary N) is 2. The molecule has 0 radical (unpaired) electrons. The molecule has 1 atom stereocenters. The van der Waals surface area contributed by atoms with Crippen LogP contribution in [0.5, 0.6) is 0 Å². The third kappa shape index (κ3) is 8.01. The Labute approximate surface area is 100 Å². The second-order valence-corrected chi connectivity index (χ2v) is 4.95. The smallest absolute Gasteiger partial charge is 0.346 e. The van der Waals surface area contributed by atoms with Gasteiger partial charge in [-0.25, -0.2) is 0 Å². The van der Waals surface area contributed by atoms with E-state index in [1.165, 1.54) is 0 Å². The van der Waals surface area contributed by atoms with E-state index < -0.39 is 24.7 Å². The highest BCUT2D eigenvalue weighted by Crippen LogP contribution is 2.18. The van der Waals surface area contributed by atoms with Gasteiger partial charge in [0.2, 0.25) is 5.91 Å². The number of amides is 1. The van der Waals surface area contributed by atoms with Gasteiger partial charge in [0.25, 0.3) is 0 Å². The molecule has 17 heavy (non-hydrogen) atoms. The van der Waals surface area contributed by atoms with Gasteiger partial charge in [0.1, 0.15) is 6.54 Å². The highest BCUT2D eigenvalue weighted by Gasteiger charge is 2.28. The molecule has 0 bridgehead atoms. The van der Waals surface area contributed by atoms with Crippen LogP contribution in [-0.4, -0.2) is 31.2 Å². The zero-order chi connectivity index (χ0) is 13.7. The van der Waals surface area contributed by atoms with Gasteiger partial charge in [0.05, 0.1) is 6.04 Å². The summed E-state index contributed by atoms with van der Waals surface area (Å²) in [5, 5.41) is 4.78. The summed E-state index contributed by atoms with van der Waals surface area (Å²) in [5.74, 6) is -0.630. The lowest BCUT2D eigenvalue weighted by atomic mass is 9.90. The Balaban J connectivity index is 3.99. The third-order valence-electron chi connectivity index (χ3n) is 2.70. The second-order valence-electron chi connectivity index (χ2n) is 4.95. The van der Waals surface area contributed by atoms with Crippen molar-refractivity contribution in [3.63, 3.8) is 0 Å². The van der Waals surface area contributed by atoms with Gasteiger partial charge in [-0.15, -0.1) is 0 Å². The Bertz CT molecular complexity index is 252. The van der Waals surface area contributed by atoms with Crippen molar-refractivity contribution in [3.05, 3.63) is 0 Å². The van der Waals surface area contributed by atoms with Gasteiger partial charge in [-0.3, -0.25) is 4.79 Å². The fraction of sp³-hybridized carbons (Fsp3) is 0.909. The maximum atomic E-state index is 11.9. The van der Waals surface area contributed by atoms with Gasteiger partial charge in [-0.1, -0.05) is 20.8 Å². The van der Waals surface area contributed by atoms with E-state index in [4.69, 9.17) is 0 Å². The molecular weight excluding hydrogens is 233 g/mol. The zero-order valence-electron chi connectivity index (χ0n) is 10.7. The fourth-order valence-electron chi connectivity index (χ4n) is 0.988. The average Bonchev–Trinajstić information content (AvgIpc) is 2.21. The molecule has 102 valence electrons. The van der Waals surface area contributed by atoms with Crippen LogP contribution in [0.25, 0.3) is 0 Å². The van der Waals surface area contributed by atoms with Gasteiger partial charge in [0, 0.05) is 6.54 Å². The van der Waals surface area contributed by atoms with E-state index in [2.05, 4.69) is 5.32 Å². The summed E-state index contributed by atoms with van der Waals surface area (Å²) in [4.78, 5) is 11.3. The summed E-state index contributed by atoms with van der Waals surface area (Å²) in [6.07, 6.45) is -3.44. The molecule has 0 heterocycles. The van der Waals surface area contributed by atoms with Crippen LogP contribution in [0.3, 0.4) is 0 Å². The Kier molecular flexibility index (Phi) is 5.95. The molecule has 0 aromatic rings. The molecule has 0 saturated carbocycles. The quantitative estimate of drug-likeness (QED) is 0.762. The van der Waals surface area contributed by atoms with Crippen LogP contribution in [0.15, 0.2) is 0 Å². The molecule has 6 heteroatoms. The summed E-state index contributed by atoms with van der Waals surface area (Å²) in [6.45, 7) is 6.94. The van der Waals surface area contributed by atoms with Crippen molar-refractivity contribution in [2.24, 2.45) is 5.41 Å². The molecule has 3 nitrogen and oxygen atoms in total. The Morgan fingerprint density at radius 3 is 2.18 bits per heavy atom. The van der Waals surface area contributed by atoms with Crippen LogP contribution in [0, 0.1) is 5.41 Å². The first-order valence-electron chi connectivity index (χ1n) is 5.65. The highest BCUT2D eigenvalue weighted by molar-refractivity contribution is 5.81. The van der Waals surface area contributed by atoms with Crippen LogP contribution in [0.1, 0.15) is 34.1 Å². The number of carbonyl (C=O) groups excluding carboxylic acids is 1. The second kappa shape index (κ2) is 6.23. The molecule has 0 saturated heterocycles. The number of carbonyl (C=O) groups is 1. The number of halogens is 3. The van der Waals surface area contributed by atoms with E-state index in [0.717, 1.165) is 6.42 Å². The lowest BCUT2D eigenvalue weighted by molar-refractivity contribution is -0.139. The normalized spacial score (nSPS) is 14.5. The van der Waals surface area contributed by atoms with Gasteiger partial charge < -0.3 is 10.6 Å². The molecule has 1 unspecified atom stereocenters. The van der Waals surface area contributed by atoms with E-state index in [-0.39, 0.29) is 5.41 Å². The van der Waals surface area contributed by atoms with Crippen molar-refractivity contribution in [1.82, 2.24) is 10.6 Å². The Morgan fingerprint density at radius 1 is 1.24 bits per heavy atom. The minimum absolute atomic E-state index is 0.0264. The fourth-order valence-corrected chi connectivity index (χ4v) is 0.988. The molecule has 0 aromatic carbocycles. The van der Waals surface area contributed by atoms with Crippen molar-refractivity contribution in [2.75, 3.05) is 13.1 Å². The highest BCUT2D eigenvalue weighted by atomic mass is 19.4. The molecule has 0 aliphatic carbocycles. The van der Waals surface area contributed by atoms with Crippen LogP contribution < -0.4 is 10.6 Å². The zero-order valence-corrected chi connectivity index (χ0v) is 10.7. The minimum Gasteiger partial charge on any atom is -0.346 e. The van der Waals surface area contributed by atoms with Crippen LogP contribution >= 0.6 is 0 Å². The SMILES string of the molecule is CCC(C)(C)CNC(C)C(=O)NCC(F)(F)F. The molecule has 0 fully saturated rings. The number of hydrogen-bond donors (Lipinski definition) is 2. The van der Waals surface area contributed by atoms with Gasteiger partial charge in [-0.05, 0) is 18.8 Å². The van der Waals surface area contributed by atoms with Crippen molar-refractivity contribution in [2.45, 2.75) is 46.3 Å². The summed E-state index contributed by atoms with van der Waals surface area (Å²) >= 11 is 0. The predicted octanol–water partition coefficient (Wildman–Crippen LogP) is 2.08. The van der Waals surface area contributed by atoms with Gasteiger partial charge in [0.15, 0.2) is 0 Å². The van der Waals surface area contributed by atoms with Crippen LogP contribution in [0.4, 0.5) is 13.2 Å². The van der Waals surface area contributed by atoms with Crippen molar-refractivity contribution in [3.8, 4) is 0 Å². The summed E-state index contributed by atoms with van der Waals surface area (Å²) in [5.41, 5.74) is 0.0264. The van der Waals surface area contributed by atoms with E-state index in [9.17, 15) is 18.0 Å². The maximum absolute atomic E-state index is 11.9. The third-order valence-corrected chi connectivity index (χ3v) is 2.70. The summed E-state index contributed by atoms with van der Waals surface area (Å²) < 4.78 is 35.6. The number of hydrogen-bond acceptors (Lipinski definition) is 2. The molecule has 0 aliphatic rings. The van der Waals surface area contributed by atoms with Crippen molar-refractivity contribution < 1.29 is 18.0 Å². The first kappa shape index (κ1) is 16.2. The molecule has 0 spiro atoms. The molecular formula is C11H21F3N2O. The number of rotatable bonds is 6. The summed E-state index contributed by atoms with van der Waals surface area (Å²) in [7, 11) is 0. The Morgan fingerprint density at radius 2 is 1.76 bits per heavy atom. The van der Waals surface area contributed by atoms with E-state index in [1.807, 2.05) is 26.1 Å². The predicted molar refractivity (Wildman–Crippen MR) is 60.6 cm³/mol. The van der Waals surface area contributed by atoms with E-state index >= 15 is 0 Å². The van der Waals surface area contributed by atoms with Crippen molar-refractivity contribution in [1.29, 1.82) is 0 Å². The minimum atomic E-state index is -4.36. The van der Waals surface area contributed by atoms with Crippen LogP contribution in [0.2, 0.25) is 0 Å². The molecule has 0 aromatic heterocycles. The first-order chi connectivity index (χ1) is 7.57. The first-order valence-corrected chi connectivity index (χ1v) is 5.65. The topological polar surface area (TPSA) is 41.1 Å². The molecule has 1 amide bonds.